The van der Waals surface area contributed by atoms with E-state index in [-0.39, 0.29) is 10.8 Å². The van der Waals surface area contributed by atoms with E-state index in [1.54, 1.807) is 10.8 Å². The molecule has 0 radical (unpaired) electrons. The fourth-order valence-corrected chi connectivity index (χ4v) is 3.42. The Balaban J connectivity index is 1.54. The van der Waals surface area contributed by atoms with E-state index in [0.717, 1.165) is 24.1 Å². The van der Waals surface area contributed by atoms with Gasteiger partial charge in [-0.3, -0.25) is 4.68 Å². The first-order chi connectivity index (χ1) is 12.7. The molecule has 0 atom stereocenters. The fourth-order valence-electron chi connectivity index (χ4n) is 3.42. The molecule has 3 heterocycles. The summed E-state index contributed by atoms with van der Waals surface area (Å²) in [6.07, 6.45) is 6.72. The second kappa shape index (κ2) is 6.19. The van der Waals surface area contributed by atoms with E-state index in [1.807, 2.05) is 6.20 Å². The first-order valence-electron chi connectivity index (χ1n) is 9.50. The Labute approximate surface area is 160 Å². The zero-order valence-electron chi connectivity index (χ0n) is 16.8. The van der Waals surface area contributed by atoms with Crippen molar-refractivity contribution < 1.29 is 0 Å². The zero-order valence-corrected chi connectivity index (χ0v) is 16.8. The highest BCUT2D eigenvalue weighted by Crippen LogP contribution is 2.29. The van der Waals surface area contributed by atoms with Gasteiger partial charge in [0.05, 0.1) is 5.52 Å². The van der Waals surface area contributed by atoms with E-state index in [9.17, 15) is 0 Å². The largest absolute Gasteiger partial charge is 0.271 e. The van der Waals surface area contributed by atoms with E-state index in [0.29, 0.717) is 0 Å². The normalized spacial score (nSPS) is 12.9. The molecule has 1 aromatic carbocycles. The van der Waals surface area contributed by atoms with Crippen LogP contribution in [0.3, 0.4) is 0 Å². The molecule has 5 heteroatoms. The number of benzene rings is 1. The molecule has 4 aromatic rings. The lowest BCUT2D eigenvalue weighted by atomic mass is 9.82. The number of aryl methyl sites for hydroxylation is 1. The van der Waals surface area contributed by atoms with Gasteiger partial charge < -0.3 is 0 Å². The van der Waals surface area contributed by atoms with Crippen molar-refractivity contribution in [1.82, 2.24) is 24.4 Å². The Morgan fingerprint density at radius 2 is 1.78 bits per heavy atom. The van der Waals surface area contributed by atoms with Gasteiger partial charge in [0, 0.05) is 24.3 Å². The van der Waals surface area contributed by atoms with Gasteiger partial charge >= 0.3 is 0 Å². The van der Waals surface area contributed by atoms with Crippen molar-refractivity contribution in [3.8, 4) is 0 Å². The van der Waals surface area contributed by atoms with Crippen LogP contribution >= 0.6 is 0 Å². The molecule has 0 unspecified atom stereocenters. The summed E-state index contributed by atoms with van der Waals surface area (Å²) in [6.45, 7) is 12.1. The average molecular weight is 361 g/mol. The Bertz CT molecular complexity index is 1090. The molecule has 0 fully saturated rings. The summed E-state index contributed by atoms with van der Waals surface area (Å²) in [5.41, 5.74) is 4.73. The average Bonchev–Trinajstić information content (AvgIpc) is 3.24. The van der Waals surface area contributed by atoms with E-state index < -0.39 is 0 Å². The molecular formula is C22H27N5. The van der Waals surface area contributed by atoms with Gasteiger partial charge in [-0.15, -0.1) is 0 Å². The number of hydrogen-bond donors (Lipinski definition) is 0. The molecule has 0 bridgehead atoms. The zero-order chi connectivity index (χ0) is 19.2. The molecule has 5 nitrogen and oxygen atoms in total. The van der Waals surface area contributed by atoms with Crippen molar-refractivity contribution in [3.63, 3.8) is 0 Å². The Morgan fingerprint density at radius 1 is 0.963 bits per heavy atom. The van der Waals surface area contributed by atoms with Gasteiger partial charge in [-0.2, -0.15) is 10.2 Å². The van der Waals surface area contributed by atoms with Crippen molar-refractivity contribution in [3.05, 3.63) is 60.2 Å². The van der Waals surface area contributed by atoms with Crippen LogP contribution in [0.4, 0.5) is 0 Å². The number of nitrogens with zero attached hydrogens (tertiary/aromatic N) is 5. The van der Waals surface area contributed by atoms with Crippen LogP contribution in [-0.4, -0.2) is 24.4 Å². The maximum absolute atomic E-state index is 4.82. The van der Waals surface area contributed by atoms with Crippen LogP contribution in [0.15, 0.2) is 49.1 Å². The van der Waals surface area contributed by atoms with Crippen LogP contribution in [0.1, 0.15) is 52.2 Å². The van der Waals surface area contributed by atoms with Crippen molar-refractivity contribution >= 4 is 16.6 Å². The van der Waals surface area contributed by atoms with Gasteiger partial charge in [0.2, 0.25) is 0 Å². The van der Waals surface area contributed by atoms with Crippen molar-refractivity contribution in [2.45, 2.75) is 58.4 Å². The van der Waals surface area contributed by atoms with E-state index in [2.05, 4.69) is 85.9 Å². The first kappa shape index (κ1) is 17.7. The van der Waals surface area contributed by atoms with Crippen LogP contribution in [0.2, 0.25) is 0 Å². The summed E-state index contributed by atoms with van der Waals surface area (Å²) < 4.78 is 3.88. The standard InChI is InChI=1S/C22H27N5/c1-21(2,3)17-7-6-16-14-26(25-19(16)12-17)11-9-22(4,5)18-8-10-27-20(13-18)23-15-24-27/h6-8,10,12-15H,9,11H2,1-5H3. The molecule has 3 aromatic heterocycles. The van der Waals surface area contributed by atoms with Crippen molar-refractivity contribution in [1.29, 1.82) is 0 Å². The monoisotopic (exact) mass is 361 g/mol. The summed E-state index contributed by atoms with van der Waals surface area (Å²) in [5.74, 6) is 0. The minimum atomic E-state index is 0.0302. The summed E-state index contributed by atoms with van der Waals surface area (Å²) in [5, 5.41) is 10.2. The molecule has 140 valence electrons. The number of pyridine rings is 1. The number of rotatable bonds is 4. The highest BCUT2D eigenvalue weighted by molar-refractivity contribution is 5.79. The van der Waals surface area contributed by atoms with Crippen LogP contribution in [0.5, 0.6) is 0 Å². The van der Waals surface area contributed by atoms with Crippen molar-refractivity contribution in [2.24, 2.45) is 0 Å². The maximum atomic E-state index is 4.82. The Morgan fingerprint density at radius 3 is 2.56 bits per heavy atom. The molecule has 0 spiro atoms. The number of fused-ring (bicyclic) bond motifs is 2. The topological polar surface area (TPSA) is 48.0 Å². The van der Waals surface area contributed by atoms with Gasteiger partial charge in [0.15, 0.2) is 5.65 Å². The first-order valence-corrected chi connectivity index (χ1v) is 9.50. The smallest absolute Gasteiger partial charge is 0.155 e. The second-order valence-electron chi connectivity index (χ2n) is 9.03. The lowest BCUT2D eigenvalue weighted by molar-refractivity contribution is 0.422. The molecule has 0 saturated carbocycles. The minimum Gasteiger partial charge on any atom is -0.271 e. The molecule has 0 aliphatic heterocycles. The van der Waals surface area contributed by atoms with Crippen molar-refractivity contribution in [2.75, 3.05) is 0 Å². The fraction of sp³-hybridized carbons (Fsp3) is 0.409. The summed E-state index contributed by atoms with van der Waals surface area (Å²) in [4.78, 5) is 4.30. The summed E-state index contributed by atoms with van der Waals surface area (Å²) in [7, 11) is 0. The number of hydrogen-bond acceptors (Lipinski definition) is 3. The molecule has 0 amide bonds. The molecular weight excluding hydrogens is 334 g/mol. The Kier molecular flexibility index (Phi) is 4.06. The van der Waals surface area contributed by atoms with Gasteiger partial charge in [-0.1, -0.05) is 46.8 Å². The van der Waals surface area contributed by atoms with Gasteiger partial charge in [-0.25, -0.2) is 9.50 Å². The highest BCUT2D eigenvalue weighted by atomic mass is 15.3. The lowest BCUT2D eigenvalue weighted by Crippen LogP contribution is -2.20. The van der Waals surface area contributed by atoms with Crippen LogP contribution < -0.4 is 0 Å². The molecule has 4 rings (SSSR count). The van der Waals surface area contributed by atoms with Crippen LogP contribution in [0, 0.1) is 0 Å². The Hall–Kier alpha value is -2.69. The summed E-state index contributed by atoms with van der Waals surface area (Å²) in [6, 6.07) is 10.9. The van der Waals surface area contributed by atoms with E-state index in [1.165, 1.54) is 16.5 Å². The molecule has 0 aliphatic rings. The maximum Gasteiger partial charge on any atom is 0.155 e. The van der Waals surface area contributed by atoms with Crippen LogP contribution in [0.25, 0.3) is 16.6 Å². The molecule has 0 aliphatic carbocycles. The summed E-state index contributed by atoms with van der Waals surface area (Å²) >= 11 is 0. The SMILES string of the molecule is CC(C)(C)c1ccc2cn(CCC(C)(C)c3ccn4ncnc4c3)nc2c1. The molecule has 0 N–H and O–H groups in total. The predicted octanol–water partition coefficient (Wildman–Crippen LogP) is 4.74. The van der Waals surface area contributed by atoms with Gasteiger partial charge in [0.25, 0.3) is 0 Å². The molecule has 0 saturated heterocycles. The number of aromatic nitrogens is 5. The lowest BCUT2D eigenvalue weighted by Gasteiger charge is -2.25. The van der Waals surface area contributed by atoms with Gasteiger partial charge in [0.1, 0.15) is 6.33 Å². The predicted molar refractivity (Wildman–Crippen MR) is 109 cm³/mol. The van der Waals surface area contributed by atoms with Gasteiger partial charge in [-0.05, 0) is 46.6 Å². The van der Waals surface area contributed by atoms with E-state index in [4.69, 9.17) is 5.10 Å². The second-order valence-corrected chi connectivity index (χ2v) is 9.03. The third-order valence-corrected chi connectivity index (χ3v) is 5.45. The third-order valence-electron chi connectivity index (χ3n) is 5.45. The highest BCUT2D eigenvalue weighted by Gasteiger charge is 2.22. The van der Waals surface area contributed by atoms with Crippen LogP contribution in [-0.2, 0) is 17.4 Å². The minimum absolute atomic E-state index is 0.0302. The van der Waals surface area contributed by atoms with E-state index >= 15 is 0 Å². The molecule has 27 heavy (non-hydrogen) atoms. The quantitative estimate of drug-likeness (QED) is 0.527. The third kappa shape index (κ3) is 3.46.